The minimum atomic E-state index is -0.406. The van der Waals surface area contributed by atoms with Gasteiger partial charge in [-0.15, -0.1) is 10.2 Å². The summed E-state index contributed by atoms with van der Waals surface area (Å²) < 4.78 is 0. The van der Waals surface area contributed by atoms with Crippen molar-refractivity contribution in [1.29, 1.82) is 0 Å². The van der Waals surface area contributed by atoms with Crippen molar-refractivity contribution in [3.63, 3.8) is 0 Å². The van der Waals surface area contributed by atoms with Crippen LogP contribution in [0.5, 0.6) is 0 Å². The number of aryl methyl sites for hydroxylation is 1. The summed E-state index contributed by atoms with van der Waals surface area (Å²) in [6.45, 7) is 2.41. The summed E-state index contributed by atoms with van der Waals surface area (Å²) in [6.07, 6.45) is 0.117. The summed E-state index contributed by atoms with van der Waals surface area (Å²) in [5.41, 5.74) is 2.77. The highest BCUT2D eigenvalue weighted by molar-refractivity contribution is 7.15. The van der Waals surface area contributed by atoms with E-state index in [2.05, 4.69) is 26.1 Å². The number of hydrogen-bond donors (Lipinski definition) is 3. The van der Waals surface area contributed by atoms with Crippen LogP contribution in [0.1, 0.15) is 16.1 Å². The Kier molecular flexibility index (Phi) is 6.11. The van der Waals surface area contributed by atoms with E-state index in [0.717, 1.165) is 11.1 Å². The number of aromatic nitrogens is 2. The molecular weight excluding hydrogens is 362 g/mol. The highest BCUT2D eigenvalue weighted by Crippen LogP contribution is 2.16. The van der Waals surface area contributed by atoms with Gasteiger partial charge in [0.1, 0.15) is 5.01 Å². The zero-order chi connectivity index (χ0) is 19.1. The quantitative estimate of drug-likeness (QED) is 0.610. The number of nitrogens with zero attached hydrogens (tertiary/aromatic N) is 2. The predicted molar refractivity (Wildman–Crippen MR) is 106 cm³/mol. The second kappa shape index (κ2) is 8.91. The largest absolute Gasteiger partial charge is 0.352 e. The lowest BCUT2D eigenvalue weighted by atomic mass is 10.2. The van der Waals surface area contributed by atoms with Crippen LogP contribution in [0, 0.1) is 6.92 Å². The maximum Gasteiger partial charge on any atom is 0.325 e. The first-order valence-corrected chi connectivity index (χ1v) is 9.18. The molecule has 0 aliphatic heterocycles. The van der Waals surface area contributed by atoms with E-state index in [-0.39, 0.29) is 12.3 Å². The van der Waals surface area contributed by atoms with Crippen LogP contribution >= 0.6 is 11.3 Å². The molecule has 27 heavy (non-hydrogen) atoms. The Bertz CT molecular complexity index is 927. The third-order valence-electron chi connectivity index (χ3n) is 3.61. The van der Waals surface area contributed by atoms with Gasteiger partial charge < -0.3 is 10.6 Å². The van der Waals surface area contributed by atoms with E-state index in [9.17, 15) is 9.59 Å². The number of rotatable bonds is 6. The Morgan fingerprint density at radius 2 is 1.81 bits per heavy atom. The smallest absolute Gasteiger partial charge is 0.325 e. The highest BCUT2D eigenvalue weighted by Gasteiger charge is 2.11. The SMILES string of the molecule is Cc1cccc(NC(=O)Nc2nnc(CC(=O)NCc3ccccc3)s2)c1. The topological polar surface area (TPSA) is 96.0 Å². The molecule has 8 heteroatoms. The molecule has 0 saturated carbocycles. The average Bonchev–Trinajstić information content (AvgIpc) is 3.07. The predicted octanol–water partition coefficient (Wildman–Crippen LogP) is 3.35. The normalized spacial score (nSPS) is 10.3. The van der Waals surface area contributed by atoms with Crippen molar-refractivity contribution in [3.05, 3.63) is 70.7 Å². The Morgan fingerprint density at radius 3 is 2.59 bits per heavy atom. The van der Waals surface area contributed by atoms with Crippen molar-refractivity contribution in [2.24, 2.45) is 0 Å². The fourth-order valence-electron chi connectivity index (χ4n) is 2.35. The number of carbonyl (C=O) groups excluding carboxylic acids is 2. The molecule has 0 saturated heterocycles. The molecule has 3 aromatic rings. The van der Waals surface area contributed by atoms with E-state index < -0.39 is 6.03 Å². The standard InChI is InChI=1S/C19H19N5O2S/c1-13-6-5-9-15(10-13)21-18(26)22-19-24-23-17(27-19)11-16(25)20-12-14-7-3-2-4-8-14/h2-10H,11-12H2,1H3,(H,20,25)(H2,21,22,24,26). The first-order chi connectivity index (χ1) is 13.1. The number of urea groups is 1. The number of anilines is 2. The second-order valence-corrected chi connectivity index (χ2v) is 6.95. The van der Waals surface area contributed by atoms with Crippen molar-refractivity contribution in [2.45, 2.75) is 19.9 Å². The summed E-state index contributed by atoms with van der Waals surface area (Å²) >= 11 is 1.17. The Morgan fingerprint density at radius 1 is 1.00 bits per heavy atom. The maximum atomic E-state index is 12.0. The Labute approximate surface area is 160 Å². The van der Waals surface area contributed by atoms with Crippen molar-refractivity contribution in [3.8, 4) is 0 Å². The summed E-state index contributed by atoms with van der Waals surface area (Å²) in [7, 11) is 0. The van der Waals surface area contributed by atoms with Crippen molar-refractivity contribution in [2.75, 3.05) is 10.6 Å². The molecule has 0 aliphatic rings. The van der Waals surface area contributed by atoms with Crippen molar-refractivity contribution in [1.82, 2.24) is 15.5 Å². The third kappa shape index (κ3) is 5.89. The van der Waals surface area contributed by atoms with E-state index >= 15 is 0 Å². The number of nitrogens with one attached hydrogen (secondary N) is 3. The molecule has 2 aromatic carbocycles. The lowest BCUT2D eigenvalue weighted by Crippen LogP contribution is -2.24. The van der Waals surface area contributed by atoms with Crippen LogP contribution in [0.15, 0.2) is 54.6 Å². The Hall–Kier alpha value is -3.26. The molecule has 1 heterocycles. The molecule has 0 spiro atoms. The molecule has 0 unspecified atom stereocenters. The molecule has 3 N–H and O–H groups in total. The molecule has 1 aromatic heterocycles. The summed E-state index contributed by atoms with van der Waals surface area (Å²) in [4.78, 5) is 24.0. The van der Waals surface area contributed by atoms with Crippen LogP contribution in [0.2, 0.25) is 0 Å². The zero-order valence-electron chi connectivity index (χ0n) is 14.7. The molecule has 138 valence electrons. The van der Waals surface area contributed by atoms with Gasteiger partial charge in [-0.3, -0.25) is 10.1 Å². The molecular formula is C19H19N5O2S. The summed E-state index contributed by atoms with van der Waals surface area (Å²) in [5.74, 6) is -0.147. The van der Waals surface area contributed by atoms with Gasteiger partial charge in [0.25, 0.3) is 0 Å². The van der Waals surface area contributed by atoms with Gasteiger partial charge in [-0.25, -0.2) is 4.79 Å². The minimum Gasteiger partial charge on any atom is -0.352 e. The van der Waals surface area contributed by atoms with E-state index in [1.54, 1.807) is 6.07 Å². The molecule has 0 atom stereocenters. The zero-order valence-corrected chi connectivity index (χ0v) is 15.5. The van der Waals surface area contributed by atoms with E-state index in [0.29, 0.717) is 22.4 Å². The lowest BCUT2D eigenvalue weighted by Gasteiger charge is -2.05. The molecule has 3 rings (SSSR count). The van der Waals surface area contributed by atoms with Crippen LogP contribution in [0.3, 0.4) is 0 Å². The van der Waals surface area contributed by atoms with Gasteiger partial charge in [-0.2, -0.15) is 0 Å². The molecule has 0 fully saturated rings. The van der Waals surface area contributed by atoms with Crippen LogP contribution in [-0.4, -0.2) is 22.1 Å². The first-order valence-electron chi connectivity index (χ1n) is 8.36. The van der Waals surface area contributed by atoms with Gasteiger partial charge in [0, 0.05) is 12.2 Å². The number of benzene rings is 2. The number of amides is 3. The summed E-state index contributed by atoms with van der Waals surface area (Å²) in [5, 5.41) is 16.9. The highest BCUT2D eigenvalue weighted by atomic mass is 32.1. The van der Waals surface area contributed by atoms with Crippen LogP contribution in [0.25, 0.3) is 0 Å². The second-order valence-electron chi connectivity index (χ2n) is 5.89. The van der Waals surface area contributed by atoms with E-state index in [1.165, 1.54) is 11.3 Å². The van der Waals surface area contributed by atoms with Crippen LogP contribution < -0.4 is 16.0 Å². The van der Waals surface area contributed by atoms with Crippen LogP contribution in [-0.2, 0) is 17.8 Å². The van der Waals surface area contributed by atoms with E-state index in [4.69, 9.17) is 0 Å². The maximum absolute atomic E-state index is 12.0. The van der Waals surface area contributed by atoms with Gasteiger partial charge in [-0.1, -0.05) is 53.8 Å². The van der Waals surface area contributed by atoms with Gasteiger partial charge in [0.05, 0.1) is 6.42 Å². The molecule has 0 radical (unpaired) electrons. The van der Waals surface area contributed by atoms with Crippen molar-refractivity contribution < 1.29 is 9.59 Å². The minimum absolute atomic E-state index is 0.117. The molecule has 0 aliphatic carbocycles. The number of hydrogen-bond acceptors (Lipinski definition) is 5. The third-order valence-corrected chi connectivity index (χ3v) is 4.45. The van der Waals surface area contributed by atoms with Crippen LogP contribution in [0.4, 0.5) is 15.6 Å². The monoisotopic (exact) mass is 381 g/mol. The van der Waals surface area contributed by atoms with Crippen molar-refractivity contribution >= 4 is 34.1 Å². The lowest BCUT2D eigenvalue weighted by molar-refractivity contribution is -0.120. The van der Waals surface area contributed by atoms with E-state index in [1.807, 2.05) is 55.5 Å². The number of carbonyl (C=O) groups is 2. The van der Waals surface area contributed by atoms with Gasteiger partial charge in [0.2, 0.25) is 11.0 Å². The molecule has 3 amide bonds. The Balaban J connectivity index is 1.47. The fraction of sp³-hybridized carbons (Fsp3) is 0.158. The van der Waals surface area contributed by atoms with Gasteiger partial charge in [0.15, 0.2) is 0 Å². The first kappa shape index (κ1) is 18.5. The molecule has 7 nitrogen and oxygen atoms in total. The fourth-order valence-corrected chi connectivity index (χ4v) is 3.09. The van der Waals surface area contributed by atoms with Gasteiger partial charge >= 0.3 is 6.03 Å². The van der Waals surface area contributed by atoms with Gasteiger partial charge in [-0.05, 0) is 30.2 Å². The summed E-state index contributed by atoms with van der Waals surface area (Å²) in [6, 6.07) is 16.7. The average molecular weight is 381 g/mol. The molecule has 0 bridgehead atoms.